The second-order valence-electron chi connectivity index (χ2n) is 6.66. The van der Waals surface area contributed by atoms with Crippen molar-refractivity contribution in [3.05, 3.63) is 72.6 Å². The van der Waals surface area contributed by atoms with Crippen molar-refractivity contribution in [3.63, 3.8) is 0 Å². The number of benzene rings is 2. The quantitative estimate of drug-likeness (QED) is 0.340. The normalized spacial score (nSPS) is 19.6. The molecule has 1 aliphatic rings. The second-order valence-corrected chi connectivity index (χ2v) is 7.84. The number of nitrogens with zero attached hydrogens (tertiary/aromatic N) is 2. The van der Waals surface area contributed by atoms with Gasteiger partial charge < -0.3 is 5.32 Å². The fourth-order valence-corrected chi connectivity index (χ4v) is 4.48. The topological polar surface area (TPSA) is 28.2 Å². The molecule has 2 atom stereocenters. The van der Waals surface area contributed by atoms with E-state index in [1.807, 2.05) is 12.4 Å². The number of likely N-dealkylation sites (tertiary alicyclic amines) is 1. The van der Waals surface area contributed by atoms with E-state index in [4.69, 9.17) is 0 Å². The van der Waals surface area contributed by atoms with Crippen LogP contribution in [0.5, 0.6) is 0 Å². The Bertz CT molecular complexity index is 837. The van der Waals surface area contributed by atoms with Gasteiger partial charge in [-0.3, -0.25) is 9.88 Å². The summed E-state index contributed by atoms with van der Waals surface area (Å²) in [4.78, 5) is 6.77. The number of nitrogens with one attached hydrogen (secondary N) is 1. The minimum Gasteiger partial charge on any atom is -0.381 e. The minimum absolute atomic E-state index is 0.436. The number of rotatable bonds is 4. The molecule has 25 heavy (non-hydrogen) atoms. The van der Waals surface area contributed by atoms with Crippen LogP contribution in [0.1, 0.15) is 22.5 Å². The Morgan fingerprint density at radius 3 is 2.84 bits per heavy atom. The molecule has 1 saturated heterocycles. The van der Waals surface area contributed by atoms with Crippen LogP contribution >= 0.6 is 22.6 Å². The lowest BCUT2D eigenvalue weighted by atomic mass is 10.0. The molecule has 1 aliphatic heterocycles. The number of pyridine rings is 1. The molecule has 0 aliphatic carbocycles. The van der Waals surface area contributed by atoms with Crippen molar-refractivity contribution in [1.29, 1.82) is 0 Å². The molecule has 2 unspecified atom stereocenters. The summed E-state index contributed by atoms with van der Waals surface area (Å²) >= 11 is 2.57. The summed E-state index contributed by atoms with van der Waals surface area (Å²) in [7, 11) is 0. The van der Waals surface area contributed by atoms with Gasteiger partial charge in [-0.05, 0) is 48.5 Å². The molecule has 3 nitrogen and oxygen atoms in total. The highest BCUT2D eigenvalue weighted by Gasteiger charge is 2.25. The number of alkyl halides is 1. The zero-order valence-electron chi connectivity index (χ0n) is 14.1. The molecular weight excluding hydrogens is 421 g/mol. The number of hydrogen-bond donors (Lipinski definition) is 1. The maximum absolute atomic E-state index is 4.19. The Hall–Kier alpha value is -1.66. The molecule has 1 fully saturated rings. The van der Waals surface area contributed by atoms with Gasteiger partial charge in [0.25, 0.3) is 0 Å². The highest BCUT2D eigenvalue weighted by molar-refractivity contribution is 14.1. The highest BCUT2D eigenvalue weighted by Crippen LogP contribution is 2.31. The van der Waals surface area contributed by atoms with Gasteiger partial charge in [-0.25, -0.2) is 0 Å². The van der Waals surface area contributed by atoms with E-state index in [2.05, 4.69) is 92.4 Å². The Kier molecular flexibility index (Phi) is 5.17. The predicted octanol–water partition coefficient (Wildman–Crippen LogP) is 5.24. The van der Waals surface area contributed by atoms with Crippen LogP contribution in [0, 0.1) is 0 Å². The molecule has 4 heteroatoms. The third kappa shape index (κ3) is 3.96. The largest absolute Gasteiger partial charge is 0.381 e. The molecule has 4 rings (SSSR count). The van der Waals surface area contributed by atoms with Crippen LogP contribution in [-0.2, 0) is 0 Å². The minimum atomic E-state index is 0.436. The molecule has 0 saturated carbocycles. The lowest BCUT2D eigenvalue weighted by molar-refractivity contribution is 0.211. The average molecular weight is 443 g/mol. The number of hydrogen-bond acceptors (Lipinski definition) is 3. The van der Waals surface area contributed by atoms with Gasteiger partial charge >= 0.3 is 0 Å². The van der Waals surface area contributed by atoms with E-state index in [9.17, 15) is 0 Å². The lowest BCUT2D eigenvalue weighted by Gasteiger charge is -2.36. The van der Waals surface area contributed by atoms with E-state index < -0.39 is 0 Å². The SMILES string of the molecule is IC(c1ccccc1)N1CCCC(Nc2ccc3cnccc3c2)C1. The van der Waals surface area contributed by atoms with Gasteiger partial charge in [-0.15, -0.1) is 0 Å². The smallest absolute Gasteiger partial charge is 0.0875 e. The Balaban J connectivity index is 1.45. The Morgan fingerprint density at radius 2 is 1.96 bits per heavy atom. The fraction of sp³-hybridized carbons (Fsp3) is 0.286. The van der Waals surface area contributed by atoms with Crippen LogP contribution in [0.25, 0.3) is 10.8 Å². The van der Waals surface area contributed by atoms with E-state index in [0.29, 0.717) is 10.1 Å². The Morgan fingerprint density at radius 1 is 1.08 bits per heavy atom. The van der Waals surface area contributed by atoms with Crippen LogP contribution in [0.2, 0.25) is 0 Å². The summed E-state index contributed by atoms with van der Waals surface area (Å²) in [6.07, 6.45) is 6.24. The molecule has 0 bridgehead atoms. The maximum Gasteiger partial charge on any atom is 0.0875 e. The van der Waals surface area contributed by atoms with E-state index in [0.717, 1.165) is 6.54 Å². The summed E-state index contributed by atoms with van der Waals surface area (Å²) in [6.45, 7) is 2.25. The second kappa shape index (κ2) is 7.70. The lowest BCUT2D eigenvalue weighted by Crippen LogP contribution is -2.42. The van der Waals surface area contributed by atoms with Crippen molar-refractivity contribution >= 4 is 39.1 Å². The van der Waals surface area contributed by atoms with E-state index in [-0.39, 0.29) is 0 Å². The average Bonchev–Trinajstić information content (AvgIpc) is 2.68. The zero-order valence-corrected chi connectivity index (χ0v) is 16.3. The highest BCUT2D eigenvalue weighted by atomic mass is 127. The van der Waals surface area contributed by atoms with Crippen LogP contribution in [-0.4, -0.2) is 29.0 Å². The van der Waals surface area contributed by atoms with Gasteiger partial charge in [0.1, 0.15) is 0 Å². The van der Waals surface area contributed by atoms with Crippen molar-refractivity contribution in [2.45, 2.75) is 22.9 Å². The first-order valence-electron chi connectivity index (χ1n) is 8.83. The summed E-state index contributed by atoms with van der Waals surface area (Å²) in [5.41, 5.74) is 2.59. The third-order valence-electron chi connectivity index (χ3n) is 4.86. The monoisotopic (exact) mass is 443 g/mol. The fourth-order valence-electron chi connectivity index (χ4n) is 3.56. The van der Waals surface area contributed by atoms with Gasteiger partial charge in [-0.2, -0.15) is 0 Å². The molecular formula is C21H22IN3. The molecule has 3 aromatic rings. The number of anilines is 1. The van der Waals surface area contributed by atoms with Crippen molar-refractivity contribution < 1.29 is 0 Å². The maximum atomic E-state index is 4.19. The zero-order chi connectivity index (χ0) is 17.1. The first-order chi connectivity index (χ1) is 12.3. The van der Waals surface area contributed by atoms with Crippen LogP contribution < -0.4 is 5.32 Å². The first kappa shape index (κ1) is 16.8. The van der Waals surface area contributed by atoms with Gasteiger partial charge in [0.2, 0.25) is 0 Å². The Labute approximate surface area is 162 Å². The summed E-state index contributed by atoms with van der Waals surface area (Å²) in [5, 5.41) is 6.17. The molecule has 128 valence electrons. The molecule has 2 heterocycles. The van der Waals surface area contributed by atoms with Crippen molar-refractivity contribution in [2.75, 3.05) is 18.4 Å². The number of fused-ring (bicyclic) bond motifs is 1. The van der Waals surface area contributed by atoms with E-state index in [1.54, 1.807) is 0 Å². The third-order valence-corrected chi connectivity index (χ3v) is 6.37. The summed E-state index contributed by atoms with van der Waals surface area (Å²) < 4.78 is 0.436. The van der Waals surface area contributed by atoms with Crippen LogP contribution in [0.4, 0.5) is 5.69 Å². The van der Waals surface area contributed by atoms with Crippen LogP contribution in [0.15, 0.2) is 67.0 Å². The number of piperidine rings is 1. The van der Waals surface area contributed by atoms with E-state index >= 15 is 0 Å². The summed E-state index contributed by atoms with van der Waals surface area (Å²) in [6, 6.07) is 19.9. The first-order valence-corrected chi connectivity index (χ1v) is 10.1. The molecule has 1 N–H and O–H groups in total. The molecule has 0 radical (unpaired) electrons. The van der Waals surface area contributed by atoms with Crippen molar-refractivity contribution in [2.24, 2.45) is 0 Å². The summed E-state index contributed by atoms with van der Waals surface area (Å²) in [5.74, 6) is 0. The molecule has 1 aromatic heterocycles. The van der Waals surface area contributed by atoms with Crippen LogP contribution in [0.3, 0.4) is 0 Å². The molecule has 0 spiro atoms. The molecule has 0 amide bonds. The van der Waals surface area contributed by atoms with Gasteiger partial charge in [-0.1, -0.05) is 59.0 Å². The predicted molar refractivity (Wildman–Crippen MR) is 113 cm³/mol. The van der Waals surface area contributed by atoms with Crippen molar-refractivity contribution in [3.8, 4) is 0 Å². The van der Waals surface area contributed by atoms with Crippen molar-refractivity contribution in [1.82, 2.24) is 9.88 Å². The number of halogens is 1. The van der Waals surface area contributed by atoms with Gasteiger partial charge in [0, 0.05) is 36.1 Å². The van der Waals surface area contributed by atoms with Gasteiger partial charge in [0.15, 0.2) is 0 Å². The molecule has 2 aromatic carbocycles. The number of aromatic nitrogens is 1. The standard InChI is InChI=1S/C21H22IN3/c22-21(16-5-2-1-3-6-16)25-12-4-7-20(15-25)24-19-9-8-18-14-23-11-10-17(18)13-19/h1-3,5-6,8-11,13-14,20-21,24H,4,7,12,15H2. The van der Waals surface area contributed by atoms with E-state index in [1.165, 1.54) is 41.4 Å². The van der Waals surface area contributed by atoms with Gasteiger partial charge in [0.05, 0.1) is 4.05 Å².